The molecule has 3 N–H and O–H groups in total. The van der Waals surface area contributed by atoms with Crippen molar-refractivity contribution in [2.75, 3.05) is 25.3 Å². The first kappa shape index (κ1) is 14.5. The number of nitrogens with one attached hydrogen (secondary N) is 1. The molecule has 0 bridgehead atoms. The van der Waals surface area contributed by atoms with Gasteiger partial charge in [0.1, 0.15) is 0 Å². The minimum atomic E-state index is 0.0360. The smallest absolute Gasteiger partial charge is 0.227 e. The summed E-state index contributed by atoms with van der Waals surface area (Å²) < 4.78 is 10.4. The predicted molar refractivity (Wildman–Crippen MR) is 79.1 cm³/mol. The summed E-state index contributed by atoms with van der Waals surface area (Å²) in [7, 11) is 3.11. The lowest BCUT2D eigenvalue weighted by Gasteiger charge is -2.17. The van der Waals surface area contributed by atoms with Crippen molar-refractivity contribution in [1.29, 1.82) is 0 Å². The average Bonchev–Trinajstić information content (AvgIpc) is 2.86. The number of carbonyl (C=O) groups excluding carboxylic acids is 1. The highest BCUT2D eigenvalue weighted by Gasteiger charge is 2.30. The first-order valence-corrected chi connectivity index (χ1v) is 6.89. The average molecular weight is 278 g/mol. The second-order valence-electron chi connectivity index (χ2n) is 5.30. The molecule has 2 unspecified atom stereocenters. The maximum Gasteiger partial charge on any atom is 0.227 e. The van der Waals surface area contributed by atoms with E-state index >= 15 is 0 Å². The lowest BCUT2D eigenvalue weighted by atomic mass is 9.97. The zero-order valence-corrected chi connectivity index (χ0v) is 12.2. The molecule has 0 aromatic heterocycles. The fourth-order valence-electron chi connectivity index (χ4n) is 2.76. The van der Waals surface area contributed by atoms with Gasteiger partial charge in [0.2, 0.25) is 5.91 Å². The maximum atomic E-state index is 12.3. The summed E-state index contributed by atoms with van der Waals surface area (Å²) in [5, 5.41) is 2.91. The molecule has 2 atom stereocenters. The molecule has 1 saturated carbocycles. The van der Waals surface area contributed by atoms with Gasteiger partial charge in [-0.2, -0.15) is 0 Å². The van der Waals surface area contributed by atoms with Crippen LogP contribution in [0, 0.1) is 11.8 Å². The third kappa shape index (κ3) is 2.81. The lowest BCUT2D eigenvalue weighted by Crippen LogP contribution is -2.25. The van der Waals surface area contributed by atoms with Gasteiger partial charge in [-0.1, -0.05) is 13.3 Å². The maximum absolute atomic E-state index is 12.3. The second-order valence-corrected chi connectivity index (χ2v) is 5.30. The molecule has 1 aliphatic rings. The summed E-state index contributed by atoms with van der Waals surface area (Å²) in [5.74, 6) is 1.64. The second kappa shape index (κ2) is 6.03. The number of ether oxygens (including phenoxy) is 2. The van der Waals surface area contributed by atoms with Crippen molar-refractivity contribution in [3.8, 4) is 11.5 Å². The van der Waals surface area contributed by atoms with E-state index in [-0.39, 0.29) is 11.8 Å². The Balaban J connectivity index is 2.18. The zero-order chi connectivity index (χ0) is 14.7. The molecule has 20 heavy (non-hydrogen) atoms. The van der Waals surface area contributed by atoms with E-state index in [1.165, 1.54) is 0 Å². The monoisotopic (exact) mass is 278 g/mol. The number of hydrogen-bond donors (Lipinski definition) is 2. The Morgan fingerprint density at radius 3 is 2.45 bits per heavy atom. The van der Waals surface area contributed by atoms with E-state index in [1.807, 2.05) is 0 Å². The van der Waals surface area contributed by atoms with Gasteiger partial charge in [-0.25, -0.2) is 0 Å². The van der Waals surface area contributed by atoms with E-state index < -0.39 is 0 Å². The molecule has 1 aromatic carbocycles. The predicted octanol–water partition coefficient (Wildman–Crippen LogP) is 2.66. The minimum Gasteiger partial charge on any atom is -0.493 e. The molecule has 1 aromatic rings. The highest BCUT2D eigenvalue weighted by atomic mass is 16.5. The first-order chi connectivity index (χ1) is 9.56. The van der Waals surface area contributed by atoms with Crippen molar-refractivity contribution in [1.82, 2.24) is 0 Å². The van der Waals surface area contributed by atoms with Crippen molar-refractivity contribution < 1.29 is 14.3 Å². The van der Waals surface area contributed by atoms with Crippen LogP contribution in [0.1, 0.15) is 26.2 Å². The molecule has 1 fully saturated rings. The summed E-state index contributed by atoms with van der Waals surface area (Å²) in [6.07, 6.45) is 3.17. The van der Waals surface area contributed by atoms with Gasteiger partial charge in [0, 0.05) is 18.1 Å². The standard InChI is InChI=1S/C15H22N2O3/c1-9-5-4-6-10(9)15(18)17-12-8-14(20-3)13(19-2)7-11(12)16/h7-10H,4-6,16H2,1-3H3,(H,17,18). The normalized spacial score (nSPS) is 21.6. The Labute approximate surface area is 119 Å². The van der Waals surface area contributed by atoms with Gasteiger partial charge in [0.05, 0.1) is 25.6 Å². The van der Waals surface area contributed by atoms with Crippen molar-refractivity contribution in [3.05, 3.63) is 12.1 Å². The zero-order valence-electron chi connectivity index (χ0n) is 12.2. The molecular weight excluding hydrogens is 256 g/mol. The fraction of sp³-hybridized carbons (Fsp3) is 0.533. The Hall–Kier alpha value is -1.91. The molecule has 0 aliphatic heterocycles. The summed E-state index contributed by atoms with van der Waals surface area (Å²) >= 11 is 0. The van der Waals surface area contributed by atoms with Crippen LogP contribution < -0.4 is 20.5 Å². The molecule has 5 nitrogen and oxygen atoms in total. The number of nitrogens with two attached hydrogens (primary N) is 1. The van der Waals surface area contributed by atoms with Gasteiger partial charge in [0.15, 0.2) is 11.5 Å². The van der Waals surface area contributed by atoms with Gasteiger partial charge in [-0.15, -0.1) is 0 Å². The molecule has 110 valence electrons. The molecular formula is C15H22N2O3. The largest absolute Gasteiger partial charge is 0.493 e. The summed E-state index contributed by atoms with van der Waals surface area (Å²) in [5.41, 5.74) is 7.00. The summed E-state index contributed by atoms with van der Waals surface area (Å²) in [6.45, 7) is 2.12. The van der Waals surface area contributed by atoms with E-state index in [4.69, 9.17) is 15.2 Å². The molecule has 0 radical (unpaired) electrons. The number of nitrogen functional groups attached to an aromatic ring is 1. The van der Waals surface area contributed by atoms with Crippen LogP contribution in [0.15, 0.2) is 12.1 Å². The highest BCUT2D eigenvalue weighted by Crippen LogP contribution is 2.36. The number of methoxy groups -OCH3 is 2. The quantitative estimate of drug-likeness (QED) is 0.830. The lowest BCUT2D eigenvalue weighted by molar-refractivity contribution is -0.120. The molecule has 0 heterocycles. The molecule has 5 heteroatoms. The van der Waals surface area contributed by atoms with E-state index in [1.54, 1.807) is 26.4 Å². The van der Waals surface area contributed by atoms with Crippen molar-refractivity contribution in [3.63, 3.8) is 0 Å². The topological polar surface area (TPSA) is 73.6 Å². The number of hydrogen-bond acceptors (Lipinski definition) is 4. The molecule has 2 rings (SSSR count). The van der Waals surface area contributed by atoms with Crippen LogP contribution in [0.25, 0.3) is 0 Å². The SMILES string of the molecule is COc1cc(N)c(NC(=O)C2CCCC2C)cc1OC. The Kier molecular flexibility index (Phi) is 4.37. The minimum absolute atomic E-state index is 0.0360. The van der Waals surface area contributed by atoms with Gasteiger partial charge >= 0.3 is 0 Å². The van der Waals surface area contributed by atoms with Crippen LogP contribution in [0.3, 0.4) is 0 Å². The molecule has 1 amide bonds. The Morgan fingerprint density at radius 1 is 1.25 bits per heavy atom. The Morgan fingerprint density at radius 2 is 1.90 bits per heavy atom. The van der Waals surface area contributed by atoms with E-state index in [2.05, 4.69) is 12.2 Å². The van der Waals surface area contributed by atoms with Crippen molar-refractivity contribution in [2.24, 2.45) is 11.8 Å². The molecule has 0 spiro atoms. The summed E-state index contributed by atoms with van der Waals surface area (Å²) in [4.78, 5) is 12.3. The van der Waals surface area contributed by atoms with Crippen LogP contribution >= 0.6 is 0 Å². The number of anilines is 2. The van der Waals surface area contributed by atoms with E-state index in [0.717, 1.165) is 19.3 Å². The highest BCUT2D eigenvalue weighted by molar-refractivity contribution is 5.96. The van der Waals surface area contributed by atoms with Crippen LogP contribution in [-0.4, -0.2) is 20.1 Å². The van der Waals surface area contributed by atoms with E-state index in [0.29, 0.717) is 28.8 Å². The first-order valence-electron chi connectivity index (χ1n) is 6.89. The number of carbonyl (C=O) groups is 1. The third-order valence-corrected chi connectivity index (χ3v) is 4.01. The van der Waals surface area contributed by atoms with Gasteiger partial charge in [-0.3, -0.25) is 4.79 Å². The van der Waals surface area contributed by atoms with Gasteiger partial charge in [-0.05, 0) is 18.8 Å². The number of benzene rings is 1. The van der Waals surface area contributed by atoms with Crippen LogP contribution in [0.5, 0.6) is 11.5 Å². The molecule has 1 aliphatic carbocycles. The van der Waals surface area contributed by atoms with Gasteiger partial charge in [0.25, 0.3) is 0 Å². The van der Waals surface area contributed by atoms with E-state index in [9.17, 15) is 4.79 Å². The molecule has 0 saturated heterocycles. The van der Waals surface area contributed by atoms with Crippen LogP contribution in [0.4, 0.5) is 11.4 Å². The number of amides is 1. The summed E-state index contributed by atoms with van der Waals surface area (Å²) in [6, 6.07) is 3.36. The fourth-order valence-corrected chi connectivity index (χ4v) is 2.76. The van der Waals surface area contributed by atoms with Crippen LogP contribution in [-0.2, 0) is 4.79 Å². The van der Waals surface area contributed by atoms with Crippen LogP contribution in [0.2, 0.25) is 0 Å². The Bertz CT molecular complexity index is 502. The van der Waals surface area contributed by atoms with Crippen molar-refractivity contribution >= 4 is 17.3 Å². The van der Waals surface area contributed by atoms with Crippen molar-refractivity contribution in [2.45, 2.75) is 26.2 Å². The third-order valence-electron chi connectivity index (χ3n) is 4.01. The number of rotatable bonds is 4. The van der Waals surface area contributed by atoms with Gasteiger partial charge < -0.3 is 20.5 Å².